The first-order valence-electron chi connectivity index (χ1n) is 5.72. The lowest BCUT2D eigenvalue weighted by Gasteiger charge is -2.15. The molecule has 1 fully saturated rings. The Morgan fingerprint density at radius 3 is 2.62 bits per heavy atom. The molecule has 1 rings (SSSR count). The molecule has 4 nitrogen and oxygen atoms in total. The van der Waals surface area contributed by atoms with Gasteiger partial charge in [0.25, 0.3) is 0 Å². The topological polar surface area (TPSA) is 64.4 Å². The monoisotopic (exact) mass is 250 g/mol. The van der Waals surface area contributed by atoms with Crippen LogP contribution in [0.1, 0.15) is 26.7 Å². The van der Waals surface area contributed by atoms with Crippen LogP contribution in [-0.4, -0.2) is 31.7 Å². The van der Waals surface area contributed by atoms with Crippen LogP contribution in [0, 0.1) is 11.8 Å². The Morgan fingerprint density at radius 1 is 1.50 bits per heavy atom. The summed E-state index contributed by atoms with van der Waals surface area (Å²) in [5, 5.41) is 2.77. The van der Waals surface area contributed by atoms with Gasteiger partial charge in [-0.15, -0.1) is 12.4 Å². The minimum atomic E-state index is -0.409. The number of amides is 1. The predicted octanol–water partition coefficient (Wildman–Crippen LogP) is 0.934. The molecule has 0 heterocycles. The molecule has 0 aromatic rings. The van der Waals surface area contributed by atoms with E-state index >= 15 is 0 Å². The van der Waals surface area contributed by atoms with Gasteiger partial charge in [-0.05, 0) is 24.7 Å². The second-order valence-electron chi connectivity index (χ2n) is 4.58. The average molecular weight is 251 g/mol. The van der Waals surface area contributed by atoms with Crippen LogP contribution in [0.25, 0.3) is 0 Å². The normalized spacial score (nSPS) is 16.8. The number of ether oxygens (including phenoxy) is 1. The molecule has 0 spiro atoms. The van der Waals surface area contributed by atoms with Crippen LogP contribution in [0.4, 0.5) is 0 Å². The van der Waals surface area contributed by atoms with Crippen molar-refractivity contribution in [1.82, 2.24) is 5.32 Å². The highest BCUT2D eigenvalue weighted by atomic mass is 35.5. The summed E-state index contributed by atoms with van der Waals surface area (Å²) in [5.74, 6) is 0.871. The zero-order valence-electron chi connectivity index (χ0n) is 10.1. The van der Waals surface area contributed by atoms with Crippen molar-refractivity contribution in [3.05, 3.63) is 0 Å². The molecule has 1 atom stereocenters. The number of carbonyl (C=O) groups excluding carboxylic acids is 1. The van der Waals surface area contributed by atoms with Gasteiger partial charge in [-0.1, -0.05) is 13.8 Å². The Balaban J connectivity index is 0.00000225. The zero-order valence-corrected chi connectivity index (χ0v) is 10.9. The van der Waals surface area contributed by atoms with Crippen LogP contribution in [0.2, 0.25) is 0 Å². The van der Waals surface area contributed by atoms with Crippen LogP contribution in [0.3, 0.4) is 0 Å². The first-order valence-corrected chi connectivity index (χ1v) is 5.72. The van der Waals surface area contributed by atoms with Crippen molar-refractivity contribution in [3.63, 3.8) is 0 Å². The van der Waals surface area contributed by atoms with E-state index in [1.165, 1.54) is 12.8 Å². The van der Waals surface area contributed by atoms with E-state index in [9.17, 15) is 4.79 Å². The summed E-state index contributed by atoms with van der Waals surface area (Å²) >= 11 is 0. The van der Waals surface area contributed by atoms with E-state index in [0.29, 0.717) is 13.2 Å². The molecule has 0 bridgehead atoms. The van der Waals surface area contributed by atoms with E-state index in [2.05, 4.69) is 5.32 Å². The molecule has 96 valence electrons. The van der Waals surface area contributed by atoms with Crippen LogP contribution >= 0.6 is 12.4 Å². The summed E-state index contributed by atoms with van der Waals surface area (Å²) in [4.78, 5) is 11.4. The zero-order chi connectivity index (χ0) is 11.3. The summed E-state index contributed by atoms with van der Waals surface area (Å²) in [7, 11) is 0. The molecule has 5 heteroatoms. The third kappa shape index (κ3) is 6.30. The molecule has 0 aliphatic heterocycles. The van der Waals surface area contributed by atoms with Gasteiger partial charge in [0.15, 0.2) is 0 Å². The van der Waals surface area contributed by atoms with Crippen LogP contribution in [0.15, 0.2) is 0 Å². The fourth-order valence-corrected chi connectivity index (χ4v) is 1.20. The van der Waals surface area contributed by atoms with Gasteiger partial charge in [0.05, 0.1) is 12.6 Å². The lowest BCUT2D eigenvalue weighted by Crippen LogP contribution is -2.44. The first kappa shape index (κ1) is 15.7. The molecular weight excluding hydrogens is 228 g/mol. The Bertz CT molecular complexity index is 208. The summed E-state index contributed by atoms with van der Waals surface area (Å²) in [5.41, 5.74) is 5.68. The number of hydrogen-bond donors (Lipinski definition) is 2. The minimum Gasteiger partial charge on any atom is -0.379 e. The fraction of sp³-hybridized carbons (Fsp3) is 0.909. The molecule has 1 aliphatic rings. The standard InChI is InChI=1S/C11H22N2O2.ClH/c1-8(2)10(12)11(14)13-5-6-15-7-9-3-4-9;/h8-10H,3-7,12H2,1-2H3,(H,13,14);1H. The molecule has 0 radical (unpaired) electrons. The summed E-state index contributed by atoms with van der Waals surface area (Å²) in [6.07, 6.45) is 2.59. The van der Waals surface area contributed by atoms with Crippen molar-refractivity contribution in [2.24, 2.45) is 17.6 Å². The molecule has 1 aliphatic carbocycles. The molecule has 0 aromatic heterocycles. The van der Waals surface area contributed by atoms with Crippen molar-refractivity contribution in [2.75, 3.05) is 19.8 Å². The SMILES string of the molecule is CC(C)C(N)C(=O)NCCOCC1CC1.Cl. The van der Waals surface area contributed by atoms with Crippen LogP contribution < -0.4 is 11.1 Å². The second kappa shape index (κ2) is 7.87. The van der Waals surface area contributed by atoms with Crippen molar-refractivity contribution in [1.29, 1.82) is 0 Å². The smallest absolute Gasteiger partial charge is 0.237 e. The number of halogens is 1. The van der Waals surface area contributed by atoms with Gasteiger partial charge in [-0.3, -0.25) is 4.79 Å². The number of hydrogen-bond acceptors (Lipinski definition) is 3. The molecule has 16 heavy (non-hydrogen) atoms. The fourth-order valence-electron chi connectivity index (χ4n) is 1.20. The summed E-state index contributed by atoms with van der Waals surface area (Å²) < 4.78 is 5.39. The van der Waals surface area contributed by atoms with Crippen molar-refractivity contribution in [3.8, 4) is 0 Å². The number of rotatable bonds is 7. The number of carbonyl (C=O) groups is 1. The van der Waals surface area contributed by atoms with Gasteiger partial charge in [-0.25, -0.2) is 0 Å². The van der Waals surface area contributed by atoms with Crippen molar-refractivity contribution in [2.45, 2.75) is 32.7 Å². The van der Waals surface area contributed by atoms with E-state index in [-0.39, 0.29) is 24.2 Å². The minimum absolute atomic E-state index is 0. The van der Waals surface area contributed by atoms with Gasteiger partial charge >= 0.3 is 0 Å². The molecule has 0 aromatic carbocycles. The van der Waals surface area contributed by atoms with Crippen molar-refractivity contribution < 1.29 is 9.53 Å². The number of nitrogens with two attached hydrogens (primary N) is 1. The molecule has 0 saturated heterocycles. The van der Waals surface area contributed by atoms with Gasteiger partial charge < -0.3 is 15.8 Å². The van der Waals surface area contributed by atoms with E-state index in [1.807, 2.05) is 13.8 Å². The molecular formula is C11H23ClN2O2. The molecule has 1 amide bonds. The largest absolute Gasteiger partial charge is 0.379 e. The third-order valence-corrected chi connectivity index (χ3v) is 2.62. The van der Waals surface area contributed by atoms with Gasteiger partial charge in [0.2, 0.25) is 5.91 Å². The van der Waals surface area contributed by atoms with E-state index in [0.717, 1.165) is 12.5 Å². The van der Waals surface area contributed by atoms with Gasteiger partial charge in [-0.2, -0.15) is 0 Å². The predicted molar refractivity (Wildman–Crippen MR) is 66.6 cm³/mol. The van der Waals surface area contributed by atoms with Crippen LogP contribution in [-0.2, 0) is 9.53 Å². The maximum absolute atomic E-state index is 11.4. The highest BCUT2D eigenvalue weighted by Gasteiger charge is 2.21. The van der Waals surface area contributed by atoms with E-state index in [1.54, 1.807) is 0 Å². The quantitative estimate of drug-likeness (QED) is 0.661. The van der Waals surface area contributed by atoms with Gasteiger partial charge in [0, 0.05) is 13.2 Å². The maximum Gasteiger partial charge on any atom is 0.237 e. The average Bonchev–Trinajstić information content (AvgIpc) is 2.99. The Morgan fingerprint density at radius 2 is 2.12 bits per heavy atom. The third-order valence-electron chi connectivity index (χ3n) is 2.62. The van der Waals surface area contributed by atoms with E-state index < -0.39 is 6.04 Å². The Labute approximate surface area is 104 Å². The lowest BCUT2D eigenvalue weighted by atomic mass is 10.1. The maximum atomic E-state index is 11.4. The molecule has 3 N–H and O–H groups in total. The Kier molecular flexibility index (Phi) is 7.72. The second-order valence-corrected chi connectivity index (χ2v) is 4.58. The molecule has 1 unspecified atom stereocenters. The van der Waals surface area contributed by atoms with Crippen LogP contribution in [0.5, 0.6) is 0 Å². The van der Waals surface area contributed by atoms with Crippen molar-refractivity contribution >= 4 is 18.3 Å². The molecule has 1 saturated carbocycles. The van der Waals surface area contributed by atoms with E-state index in [4.69, 9.17) is 10.5 Å². The Hall–Kier alpha value is -0.320. The summed E-state index contributed by atoms with van der Waals surface area (Å²) in [6.45, 7) is 5.87. The van der Waals surface area contributed by atoms with Gasteiger partial charge in [0.1, 0.15) is 0 Å². The lowest BCUT2D eigenvalue weighted by molar-refractivity contribution is -0.123. The highest BCUT2D eigenvalue weighted by Crippen LogP contribution is 2.28. The first-order chi connectivity index (χ1) is 7.11. The highest BCUT2D eigenvalue weighted by molar-refractivity contribution is 5.85. The number of nitrogens with one attached hydrogen (secondary N) is 1. The summed E-state index contributed by atoms with van der Waals surface area (Å²) in [6, 6.07) is -0.409.